The zero-order chi connectivity index (χ0) is 13.5. The number of hydrogen-bond acceptors (Lipinski definition) is 2. The molecule has 1 N–H and O–H groups in total. The van der Waals surface area contributed by atoms with Crippen LogP contribution in [-0.4, -0.2) is 35.1 Å². The fourth-order valence-corrected chi connectivity index (χ4v) is 3.44. The van der Waals surface area contributed by atoms with Crippen LogP contribution in [0.4, 0.5) is 0 Å². The summed E-state index contributed by atoms with van der Waals surface area (Å²) < 4.78 is 0. The molecular formula is C15H29NO2. The molecule has 0 spiro atoms. The molecule has 3 heteroatoms. The van der Waals surface area contributed by atoms with Crippen molar-refractivity contribution >= 4 is 5.97 Å². The van der Waals surface area contributed by atoms with Gasteiger partial charge in [-0.05, 0) is 44.7 Å². The van der Waals surface area contributed by atoms with Crippen molar-refractivity contribution in [3.8, 4) is 0 Å². The maximum Gasteiger partial charge on any atom is 0.308 e. The van der Waals surface area contributed by atoms with Crippen LogP contribution in [0.2, 0.25) is 0 Å². The van der Waals surface area contributed by atoms with Crippen molar-refractivity contribution in [1.82, 2.24) is 4.90 Å². The third-order valence-corrected chi connectivity index (χ3v) is 4.33. The van der Waals surface area contributed by atoms with Gasteiger partial charge in [-0.1, -0.05) is 33.6 Å². The van der Waals surface area contributed by atoms with Crippen molar-refractivity contribution in [2.24, 2.45) is 11.8 Å². The second kappa shape index (κ2) is 7.78. The largest absolute Gasteiger partial charge is 0.481 e. The highest BCUT2D eigenvalue weighted by Gasteiger charge is 2.37. The van der Waals surface area contributed by atoms with E-state index in [4.69, 9.17) is 0 Å². The van der Waals surface area contributed by atoms with E-state index >= 15 is 0 Å². The van der Waals surface area contributed by atoms with Crippen molar-refractivity contribution in [2.45, 2.75) is 65.3 Å². The molecule has 1 saturated carbocycles. The van der Waals surface area contributed by atoms with E-state index in [0.29, 0.717) is 0 Å². The number of hydrogen-bond donors (Lipinski definition) is 1. The molecule has 1 aliphatic carbocycles. The lowest BCUT2D eigenvalue weighted by atomic mass is 9.76. The van der Waals surface area contributed by atoms with Crippen molar-refractivity contribution in [3.63, 3.8) is 0 Å². The van der Waals surface area contributed by atoms with Crippen molar-refractivity contribution < 1.29 is 9.90 Å². The number of carboxylic acids is 1. The number of aliphatic carboxylic acids is 1. The van der Waals surface area contributed by atoms with Crippen molar-refractivity contribution in [1.29, 1.82) is 0 Å². The van der Waals surface area contributed by atoms with Gasteiger partial charge in [-0.3, -0.25) is 9.69 Å². The second-order valence-corrected chi connectivity index (χ2v) is 5.61. The molecule has 1 fully saturated rings. The Morgan fingerprint density at radius 1 is 1.22 bits per heavy atom. The second-order valence-electron chi connectivity index (χ2n) is 5.61. The summed E-state index contributed by atoms with van der Waals surface area (Å²) in [6.07, 6.45) is 6.63. The SMILES string of the molecule is CCCC1CCC(C(=O)O)C(N(CC)CCC)C1. The van der Waals surface area contributed by atoms with E-state index in [1.54, 1.807) is 0 Å². The normalized spacial score (nSPS) is 28.6. The van der Waals surface area contributed by atoms with Gasteiger partial charge in [0.15, 0.2) is 0 Å². The average molecular weight is 255 g/mol. The first kappa shape index (κ1) is 15.5. The summed E-state index contributed by atoms with van der Waals surface area (Å²) in [4.78, 5) is 13.8. The Balaban J connectivity index is 2.72. The van der Waals surface area contributed by atoms with E-state index in [-0.39, 0.29) is 12.0 Å². The third kappa shape index (κ3) is 3.98. The van der Waals surface area contributed by atoms with Crippen LogP contribution in [0.3, 0.4) is 0 Å². The van der Waals surface area contributed by atoms with Crippen LogP contribution in [0.25, 0.3) is 0 Å². The van der Waals surface area contributed by atoms with Gasteiger partial charge < -0.3 is 5.11 Å². The molecule has 0 bridgehead atoms. The Morgan fingerprint density at radius 3 is 2.44 bits per heavy atom. The first-order valence-electron chi connectivity index (χ1n) is 7.60. The summed E-state index contributed by atoms with van der Waals surface area (Å²) in [6.45, 7) is 8.55. The average Bonchev–Trinajstić information content (AvgIpc) is 2.36. The molecule has 0 radical (unpaired) electrons. The van der Waals surface area contributed by atoms with E-state index in [0.717, 1.165) is 44.7 Å². The molecular weight excluding hydrogens is 226 g/mol. The Kier molecular flexibility index (Phi) is 6.69. The lowest BCUT2D eigenvalue weighted by Gasteiger charge is -2.40. The molecule has 0 aliphatic heterocycles. The molecule has 1 rings (SSSR count). The van der Waals surface area contributed by atoms with Gasteiger partial charge in [0.1, 0.15) is 0 Å². The minimum Gasteiger partial charge on any atom is -0.481 e. The predicted octanol–water partition coefficient (Wildman–Crippen LogP) is 3.39. The van der Waals surface area contributed by atoms with Crippen LogP contribution in [-0.2, 0) is 4.79 Å². The van der Waals surface area contributed by atoms with Gasteiger partial charge in [0.05, 0.1) is 5.92 Å². The first-order chi connectivity index (χ1) is 8.63. The quantitative estimate of drug-likeness (QED) is 0.758. The monoisotopic (exact) mass is 255 g/mol. The minimum absolute atomic E-state index is 0.149. The molecule has 0 aromatic carbocycles. The lowest BCUT2D eigenvalue weighted by Crippen LogP contribution is -2.47. The minimum atomic E-state index is -0.593. The molecule has 0 heterocycles. The molecule has 1 aliphatic rings. The Labute approximate surface area is 112 Å². The zero-order valence-corrected chi connectivity index (χ0v) is 12.2. The fourth-order valence-electron chi connectivity index (χ4n) is 3.44. The fraction of sp³-hybridized carbons (Fsp3) is 0.933. The summed E-state index contributed by atoms with van der Waals surface area (Å²) in [5, 5.41) is 9.41. The summed E-state index contributed by atoms with van der Waals surface area (Å²) >= 11 is 0. The topological polar surface area (TPSA) is 40.5 Å². The van der Waals surface area contributed by atoms with Gasteiger partial charge in [0.2, 0.25) is 0 Å². The molecule has 3 unspecified atom stereocenters. The van der Waals surface area contributed by atoms with Crippen LogP contribution >= 0.6 is 0 Å². The highest BCUT2D eigenvalue weighted by molar-refractivity contribution is 5.71. The predicted molar refractivity (Wildman–Crippen MR) is 74.7 cm³/mol. The number of carbonyl (C=O) groups is 1. The summed E-state index contributed by atoms with van der Waals surface area (Å²) in [7, 11) is 0. The Hall–Kier alpha value is -0.570. The molecule has 18 heavy (non-hydrogen) atoms. The first-order valence-corrected chi connectivity index (χ1v) is 7.60. The molecule has 0 saturated heterocycles. The van der Waals surface area contributed by atoms with Crippen LogP contribution in [0.15, 0.2) is 0 Å². The van der Waals surface area contributed by atoms with Crippen LogP contribution in [0.5, 0.6) is 0 Å². The van der Waals surface area contributed by atoms with Crippen molar-refractivity contribution in [2.75, 3.05) is 13.1 Å². The smallest absolute Gasteiger partial charge is 0.308 e. The highest BCUT2D eigenvalue weighted by atomic mass is 16.4. The standard InChI is InChI=1S/C15H29NO2/c1-4-7-12-8-9-13(15(17)18)14(11-12)16(6-3)10-5-2/h12-14H,4-11H2,1-3H3,(H,17,18). The van der Waals surface area contributed by atoms with Gasteiger partial charge in [-0.15, -0.1) is 0 Å². The van der Waals surface area contributed by atoms with Crippen LogP contribution in [0, 0.1) is 11.8 Å². The van der Waals surface area contributed by atoms with Crippen LogP contribution in [0.1, 0.15) is 59.3 Å². The van der Waals surface area contributed by atoms with Gasteiger partial charge in [-0.2, -0.15) is 0 Å². The molecule has 0 aromatic heterocycles. The van der Waals surface area contributed by atoms with E-state index in [9.17, 15) is 9.90 Å². The molecule has 3 nitrogen and oxygen atoms in total. The van der Waals surface area contributed by atoms with Gasteiger partial charge >= 0.3 is 5.97 Å². The molecule has 0 aromatic rings. The maximum absolute atomic E-state index is 11.4. The summed E-state index contributed by atoms with van der Waals surface area (Å²) in [6, 6.07) is 0.262. The molecule has 3 atom stereocenters. The molecule has 106 valence electrons. The maximum atomic E-state index is 11.4. The van der Waals surface area contributed by atoms with E-state index < -0.39 is 5.97 Å². The van der Waals surface area contributed by atoms with Crippen LogP contribution < -0.4 is 0 Å². The van der Waals surface area contributed by atoms with Gasteiger partial charge in [0, 0.05) is 6.04 Å². The van der Waals surface area contributed by atoms with E-state index in [1.165, 1.54) is 12.8 Å². The summed E-state index contributed by atoms with van der Waals surface area (Å²) in [5.41, 5.74) is 0. The summed E-state index contributed by atoms with van der Waals surface area (Å²) in [5.74, 6) is -0.00406. The lowest BCUT2D eigenvalue weighted by molar-refractivity contribution is -0.146. The molecule has 0 amide bonds. The number of rotatable bonds is 7. The third-order valence-electron chi connectivity index (χ3n) is 4.33. The zero-order valence-electron chi connectivity index (χ0n) is 12.2. The highest BCUT2D eigenvalue weighted by Crippen LogP contribution is 2.35. The number of nitrogens with zero attached hydrogens (tertiary/aromatic N) is 1. The van der Waals surface area contributed by atoms with Gasteiger partial charge in [0.25, 0.3) is 0 Å². The Bertz CT molecular complexity index is 255. The van der Waals surface area contributed by atoms with Crippen molar-refractivity contribution in [3.05, 3.63) is 0 Å². The van der Waals surface area contributed by atoms with Gasteiger partial charge in [-0.25, -0.2) is 0 Å². The van der Waals surface area contributed by atoms with E-state index in [2.05, 4.69) is 25.7 Å². The number of carboxylic acid groups (broad SMARTS) is 1. The van der Waals surface area contributed by atoms with E-state index in [1.807, 2.05) is 0 Å². The Morgan fingerprint density at radius 2 is 1.94 bits per heavy atom.